The van der Waals surface area contributed by atoms with Crippen LogP contribution >= 0.6 is 0 Å². The highest BCUT2D eigenvalue weighted by Crippen LogP contribution is 2.07. The minimum absolute atomic E-state index is 0.545. The summed E-state index contributed by atoms with van der Waals surface area (Å²) in [6.07, 6.45) is 0. The van der Waals surface area contributed by atoms with Crippen molar-refractivity contribution in [3.05, 3.63) is 0 Å². The van der Waals surface area contributed by atoms with E-state index in [1.54, 1.807) is 6.92 Å². The second-order valence-corrected chi connectivity index (χ2v) is 3.63. The quantitative estimate of drug-likeness (QED) is 0.640. The Morgan fingerprint density at radius 2 is 1.86 bits per heavy atom. The second-order valence-electron chi connectivity index (χ2n) is 3.63. The predicted octanol–water partition coefficient (Wildman–Crippen LogP) is 0.781. The lowest BCUT2D eigenvalue weighted by Crippen LogP contribution is -2.56. The number of carbonyl (C=O) groups is 1. The zero-order valence-corrected chi connectivity index (χ0v) is 9.63. The van der Waals surface area contributed by atoms with Crippen molar-refractivity contribution in [3.8, 4) is 0 Å². The predicted molar refractivity (Wildman–Crippen MR) is 57.5 cm³/mol. The molecule has 0 radical (unpaired) electrons. The summed E-state index contributed by atoms with van der Waals surface area (Å²) in [7, 11) is 0. The van der Waals surface area contributed by atoms with Crippen molar-refractivity contribution in [3.63, 3.8) is 0 Å². The van der Waals surface area contributed by atoms with Crippen LogP contribution in [0.4, 0.5) is 0 Å². The molecule has 2 N–H and O–H groups in total. The average molecular weight is 202 g/mol. The lowest BCUT2D eigenvalue weighted by molar-refractivity contribution is -0.145. The lowest BCUT2D eigenvalue weighted by Gasteiger charge is -2.31. The van der Waals surface area contributed by atoms with E-state index in [4.69, 9.17) is 5.11 Å². The highest BCUT2D eigenvalue weighted by molar-refractivity contribution is 5.78. The van der Waals surface area contributed by atoms with Gasteiger partial charge >= 0.3 is 5.97 Å². The van der Waals surface area contributed by atoms with Gasteiger partial charge < -0.3 is 15.3 Å². The van der Waals surface area contributed by atoms with E-state index in [2.05, 4.69) is 10.2 Å². The Kier molecular flexibility index (Phi) is 5.72. The molecule has 0 aliphatic carbocycles. The van der Waals surface area contributed by atoms with E-state index in [9.17, 15) is 4.79 Å². The molecule has 0 aromatic rings. The lowest BCUT2D eigenvalue weighted by atomic mass is 10.0. The Morgan fingerprint density at radius 1 is 1.36 bits per heavy atom. The first kappa shape index (κ1) is 13.4. The van der Waals surface area contributed by atoms with Gasteiger partial charge in [0, 0.05) is 6.54 Å². The molecule has 1 atom stereocenters. The van der Waals surface area contributed by atoms with E-state index in [1.165, 1.54) is 0 Å². The van der Waals surface area contributed by atoms with E-state index in [0.717, 1.165) is 13.1 Å². The molecule has 84 valence electrons. The van der Waals surface area contributed by atoms with E-state index in [0.29, 0.717) is 13.1 Å². The zero-order valence-electron chi connectivity index (χ0n) is 9.63. The van der Waals surface area contributed by atoms with Gasteiger partial charge in [0.2, 0.25) is 0 Å². The van der Waals surface area contributed by atoms with Crippen molar-refractivity contribution in [1.82, 2.24) is 10.2 Å². The molecule has 0 aliphatic heterocycles. The molecule has 1 unspecified atom stereocenters. The Bertz CT molecular complexity index is 181. The molecule has 0 aromatic carbocycles. The van der Waals surface area contributed by atoms with Crippen LogP contribution in [0.15, 0.2) is 0 Å². The van der Waals surface area contributed by atoms with Gasteiger partial charge in [-0.15, -0.1) is 0 Å². The Morgan fingerprint density at radius 3 is 2.14 bits per heavy atom. The van der Waals surface area contributed by atoms with E-state index in [-0.39, 0.29) is 0 Å². The van der Waals surface area contributed by atoms with Gasteiger partial charge in [-0.05, 0) is 26.6 Å². The zero-order chi connectivity index (χ0) is 11.2. The van der Waals surface area contributed by atoms with Gasteiger partial charge in [-0.1, -0.05) is 20.8 Å². The van der Waals surface area contributed by atoms with Crippen LogP contribution in [0.5, 0.6) is 0 Å². The number of aliphatic carboxylic acids is 1. The molecule has 0 bridgehead atoms. The molecule has 0 amide bonds. The molecular formula is C10H22N2O2. The summed E-state index contributed by atoms with van der Waals surface area (Å²) in [5.74, 6) is -0.786. The van der Waals surface area contributed by atoms with Crippen molar-refractivity contribution >= 4 is 5.97 Å². The first-order valence-corrected chi connectivity index (χ1v) is 5.20. The van der Waals surface area contributed by atoms with Crippen LogP contribution in [0.1, 0.15) is 27.7 Å². The second kappa shape index (κ2) is 5.98. The molecule has 0 fully saturated rings. The van der Waals surface area contributed by atoms with Crippen LogP contribution in [0.2, 0.25) is 0 Å². The van der Waals surface area contributed by atoms with Crippen LogP contribution in [-0.4, -0.2) is 47.7 Å². The summed E-state index contributed by atoms with van der Waals surface area (Å²) in [6.45, 7) is 10.7. The molecule has 0 spiro atoms. The Hall–Kier alpha value is -0.610. The topological polar surface area (TPSA) is 52.6 Å². The molecule has 4 heteroatoms. The summed E-state index contributed by atoms with van der Waals surface area (Å²) < 4.78 is 0. The highest BCUT2D eigenvalue weighted by atomic mass is 16.4. The summed E-state index contributed by atoms with van der Waals surface area (Å²) >= 11 is 0. The number of carboxylic acids is 1. The molecule has 4 nitrogen and oxygen atoms in total. The monoisotopic (exact) mass is 202 g/mol. The van der Waals surface area contributed by atoms with Gasteiger partial charge in [-0.2, -0.15) is 0 Å². The van der Waals surface area contributed by atoms with Gasteiger partial charge in [0.25, 0.3) is 0 Å². The fourth-order valence-electron chi connectivity index (χ4n) is 1.48. The number of rotatable bonds is 7. The summed E-state index contributed by atoms with van der Waals surface area (Å²) in [4.78, 5) is 13.2. The minimum atomic E-state index is -0.833. The number of likely N-dealkylation sites (N-methyl/N-ethyl adjacent to an activating group) is 2. The van der Waals surface area contributed by atoms with E-state index >= 15 is 0 Å². The van der Waals surface area contributed by atoms with E-state index in [1.807, 2.05) is 20.8 Å². The van der Waals surface area contributed by atoms with E-state index < -0.39 is 11.5 Å². The first-order chi connectivity index (χ1) is 6.50. The Balaban J connectivity index is 4.42. The SMILES string of the molecule is CCNC(C)(CN(CC)CC)C(=O)O. The minimum Gasteiger partial charge on any atom is -0.480 e. The molecule has 0 saturated carbocycles. The van der Waals surface area contributed by atoms with Crippen LogP contribution in [-0.2, 0) is 4.79 Å². The largest absolute Gasteiger partial charge is 0.480 e. The first-order valence-electron chi connectivity index (χ1n) is 5.20. The number of nitrogens with one attached hydrogen (secondary N) is 1. The third-order valence-corrected chi connectivity index (χ3v) is 2.47. The summed E-state index contributed by atoms with van der Waals surface area (Å²) in [5, 5.41) is 12.1. The normalized spacial score (nSPS) is 15.5. The van der Waals surface area contributed by atoms with Crippen LogP contribution in [0.3, 0.4) is 0 Å². The summed E-state index contributed by atoms with van der Waals surface area (Å²) in [6, 6.07) is 0. The summed E-state index contributed by atoms with van der Waals surface area (Å²) in [5.41, 5.74) is -0.833. The molecule has 0 aromatic heterocycles. The molecule has 0 saturated heterocycles. The van der Waals surface area contributed by atoms with Gasteiger partial charge in [-0.25, -0.2) is 0 Å². The highest BCUT2D eigenvalue weighted by Gasteiger charge is 2.33. The molecule has 14 heavy (non-hydrogen) atoms. The van der Waals surface area contributed by atoms with Crippen molar-refractivity contribution in [2.45, 2.75) is 33.2 Å². The van der Waals surface area contributed by atoms with Crippen molar-refractivity contribution in [2.75, 3.05) is 26.2 Å². The van der Waals surface area contributed by atoms with Crippen molar-refractivity contribution < 1.29 is 9.90 Å². The maximum atomic E-state index is 11.1. The number of nitrogens with zero attached hydrogens (tertiary/aromatic N) is 1. The van der Waals surface area contributed by atoms with Gasteiger partial charge in [0.05, 0.1) is 0 Å². The fraction of sp³-hybridized carbons (Fsp3) is 0.900. The van der Waals surface area contributed by atoms with Crippen LogP contribution in [0.25, 0.3) is 0 Å². The number of hydrogen-bond acceptors (Lipinski definition) is 3. The third kappa shape index (κ3) is 3.64. The molecule has 0 heterocycles. The number of hydrogen-bond donors (Lipinski definition) is 2. The Labute approximate surface area is 86.3 Å². The molecule has 0 rings (SSSR count). The smallest absolute Gasteiger partial charge is 0.324 e. The van der Waals surface area contributed by atoms with Gasteiger partial charge in [-0.3, -0.25) is 4.79 Å². The molecule has 0 aliphatic rings. The average Bonchev–Trinajstić information content (AvgIpc) is 2.14. The fourth-order valence-corrected chi connectivity index (χ4v) is 1.48. The number of carboxylic acid groups (broad SMARTS) is 1. The van der Waals surface area contributed by atoms with Crippen molar-refractivity contribution in [1.29, 1.82) is 0 Å². The van der Waals surface area contributed by atoms with Gasteiger partial charge in [0.1, 0.15) is 5.54 Å². The maximum absolute atomic E-state index is 11.1. The van der Waals surface area contributed by atoms with Crippen molar-refractivity contribution in [2.24, 2.45) is 0 Å². The third-order valence-electron chi connectivity index (χ3n) is 2.47. The molecular weight excluding hydrogens is 180 g/mol. The standard InChI is InChI=1S/C10H22N2O2/c1-5-11-10(4,9(13)14)8-12(6-2)7-3/h11H,5-8H2,1-4H3,(H,13,14). The van der Waals surface area contributed by atoms with Crippen LogP contribution in [0, 0.1) is 0 Å². The maximum Gasteiger partial charge on any atom is 0.324 e. The van der Waals surface area contributed by atoms with Crippen LogP contribution < -0.4 is 5.32 Å². The van der Waals surface area contributed by atoms with Gasteiger partial charge in [0.15, 0.2) is 0 Å².